The molecule has 0 fully saturated rings. The number of halogens is 2. The van der Waals surface area contributed by atoms with E-state index in [0.29, 0.717) is 17.2 Å². The fraction of sp³-hybridized carbons (Fsp3) is 0.105. The van der Waals surface area contributed by atoms with Gasteiger partial charge in [-0.15, -0.1) is 0 Å². The maximum atomic E-state index is 13.8. The van der Waals surface area contributed by atoms with Gasteiger partial charge in [0.05, 0.1) is 5.56 Å². The van der Waals surface area contributed by atoms with Gasteiger partial charge in [-0.25, -0.2) is 13.8 Å². The minimum absolute atomic E-state index is 0.0632. The summed E-state index contributed by atoms with van der Waals surface area (Å²) in [5, 5.41) is 2.68. The molecule has 0 bridgehead atoms. The normalized spacial score (nSPS) is 10.5. The molecule has 0 radical (unpaired) electrons. The molecule has 8 heteroatoms. The molecule has 2 heterocycles. The van der Waals surface area contributed by atoms with Crippen molar-refractivity contribution in [2.45, 2.75) is 6.54 Å². The first-order chi connectivity index (χ1) is 12.9. The molecule has 0 aliphatic carbocycles. The number of amides is 1. The number of hydrogen-bond acceptors (Lipinski definition) is 4. The van der Waals surface area contributed by atoms with Crippen molar-refractivity contribution in [3.05, 3.63) is 88.0 Å². The highest BCUT2D eigenvalue weighted by Gasteiger charge is 2.12. The summed E-state index contributed by atoms with van der Waals surface area (Å²) in [6.07, 6.45) is 2.88. The van der Waals surface area contributed by atoms with E-state index in [-0.39, 0.29) is 23.7 Å². The van der Waals surface area contributed by atoms with Crippen LogP contribution >= 0.6 is 0 Å². The summed E-state index contributed by atoms with van der Waals surface area (Å²) in [4.78, 5) is 27.7. The predicted molar refractivity (Wildman–Crippen MR) is 93.5 cm³/mol. The van der Waals surface area contributed by atoms with Crippen LogP contribution in [0.2, 0.25) is 0 Å². The van der Waals surface area contributed by atoms with Crippen LogP contribution in [-0.4, -0.2) is 15.5 Å². The number of carbonyl (C=O) groups excluding carboxylic acids is 1. The number of aromatic nitrogens is 2. The van der Waals surface area contributed by atoms with Gasteiger partial charge in [-0.05, 0) is 24.3 Å². The minimum Gasteiger partial charge on any atom is -0.436 e. The maximum absolute atomic E-state index is 13.8. The Labute approximate surface area is 153 Å². The number of ether oxygens (including phenoxy) is 1. The van der Waals surface area contributed by atoms with Gasteiger partial charge >= 0.3 is 0 Å². The second-order valence-electron chi connectivity index (χ2n) is 5.69. The summed E-state index contributed by atoms with van der Waals surface area (Å²) in [5.41, 5.74) is 0.586. The lowest BCUT2D eigenvalue weighted by molar-refractivity contribution is 0.0950. The third kappa shape index (κ3) is 4.35. The van der Waals surface area contributed by atoms with E-state index in [4.69, 9.17) is 4.74 Å². The summed E-state index contributed by atoms with van der Waals surface area (Å²) in [6.45, 7) is 0.0632. The first kappa shape index (κ1) is 18.2. The van der Waals surface area contributed by atoms with Crippen molar-refractivity contribution in [3.63, 3.8) is 0 Å². The standard InChI is InChI=1S/C19H15F2N3O3/c1-24-11-13(4-7-17(24)25)18(26)23-10-12-3-2-8-22-19(12)27-16-6-5-14(20)9-15(16)21/h2-9,11H,10H2,1H3,(H,23,26). The molecule has 0 saturated heterocycles. The highest BCUT2D eigenvalue weighted by Crippen LogP contribution is 2.26. The molecule has 0 spiro atoms. The minimum atomic E-state index is -0.860. The summed E-state index contributed by atoms with van der Waals surface area (Å²) in [5.74, 6) is -2.07. The highest BCUT2D eigenvalue weighted by molar-refractivity contribution is 5.93. The Morgan fingerprint density at radius 3 is 2.78 bits per heavy atom. The van der Waals surface area contributed by atoms with E-state index in [2.05, 4.69) is 10.3 Å². The van der Waals surface area contributed by atoms with Crippen molar-refractivity contribution in [2.75, 3.05) is 0 Å². The topological polar surface area (TPSA) is 73.2 Å². The van der Waals surface area contributed by atoms with E-state index in [0.717, 1.165) is 12.1 Å². The van der Waals surface area contributed by atoms with Gasteiger partial charge in [-0.1, -0.05) is 6.07 Å². The van der Waals surface area contributed by atoms with E-state index >= 15 is 0 Å². The molecule has 2 aromatic heterocycles. The van der Waals surface area contributed by atoms with Gasteiger partial charge in [0, 0.05) is 43.7 Å². The van der Waals surface area contributed by atoms with Crippen LogP contribution in [0.4, 0.5) is 8.78 Å². The zero-order valence-electron chi connectivity index (χ0n) is 14.3. The highest BCUT2D eigenvalue weighted by atomic mass is 19.1. The first-order valence-electron chi connectivity index (χ1n) is 7.96. The molecule has 6 nitrogen and oxygen atoms in total. The maximum Gasteiger partial charge on any atom is 0.253 e. The Bertz CT molecular complexity index is 1050. The molecule has 3 rings (SSSR count). The van der Waals surface area contributed by atoms with Gasteiger partial charge < -0.3 is 14.6 Å². The Morgan fingerprint density at radius 2 is 2.04 bits per heavy atom. The van der Waals surface area contributed by atoms with Crippen molar-refractivity contribution < 1.29 is 18.3 Å². The average molecular weight is 371 g/mol. The molecule has 0 unspecified atom stereocenters. The van der Waals surface area contributed by atoms with E-state index in [1.807, 2.05) is 0 Å². The molecular formula is C19H15F2N3O3. The third-order valence-electron chi connectivity index (χ3n) is 3.74. The Hall–Kier alpha value is -3.55. The van der Waals surface area contributed by atoms with E-state index in [9.17, 15) is 18.4 Å². The van der Waals surface area contributed by atoms with Crippen LogP contribution in [0.25, 0.3) is 0 Å². The number of hydrogen-bond donors (Lipinski definition) is 1. The molecule has 0 aliphatic heterocycles. The summed E-state index contributed by atoms with van der Waals surface area (Å²) in [7, 11) is 1.55. The van der Waals surface area contributed by atoms with Crippen molar-refractivity contribution >= 4 is 5.91 Å². The average Bonchev–Trinajstić information content (AvgIpc) is 2.65. The molecule has 1 N–H and O–H groups in total. The molecule has 138 valence electrons. The second-order valence-corrected chi connectivity index (χ2v) is 5.69. The van der Waals surface area contributed by atoms with Gasteiger partial charge in [0.2, 0.25) is 11.4 Å². The predicted octanol–water partition coefficient (Wildman–Crippen LogP) is 2.78. The molecular weight excluding hydrogens is 356 g/mol. The smallest absolute Gasteiger partial charge is 0.253 e. The lowest BCUT2D eigenvalue weighted by atomic mass is 10.2. The monoisotopic (exact) mass is 371 g/mol. The van der Waals surface area contributed by atoms with Crippen LogP contribution in [0.15, 0.2) is 59.7 Å². The largest absolute Gasteiger partial charge is 0.436 e. The van der Waals surface area contributed by atoms with Gasteiger partial charge in [-0.2, -0.15) is 0 Å². The number of pyridine rings is 2. The van der Waals surface area contributed by atoms with Gasteiger partial charge in [0.15, 0.2) is 11.6 Å². The summed E-state index contributed by atoms with van der Waals surface area (Å²) >= 11 is 0. The first-order valence-corrected chi connectivity index (χ1v) is 7.96. The van der Waals surface area contributed by atoms with Gasteiger partial charge in [0.25, 0.3) is 5.91 Å². The van der Waals surface area contributed by atoms with Crippen molar-refractivity contribution in [3.8, 4) is 11.6 Å². The van der Waals surface area contributed by atoms with Crippen LogP contribution < -0.4 is 15.6 Å². The number of benzene rings is 1. The summed E-state index contributed by atoms with van der Waals surface area (Å²) in [6, 6.07) is 8.96. The zero-order valence-corrected chi connectivity index (χ0v) is 14.3. The molecule has 27 heavy (non-hydrogen) atoms. The summed E-state index contributed by atoms with van der Waals surface area (Å²) < 4.78 is 33.5. The lowest BCUT2D eigenvalue weighted by Gasteiger charge is -2.11. The van der Waals surface area contributed by atoms with Gasteiger partial charge in [-0.3, -0.25) is 9.59 Å². The quantitative estimate of drug-likeness (QED) is 0.749. The van der Waals surface area contributed by atoms with Crippen LogP contribution in [0, 0.1) is 11.6 Å². The number of nitrogens with zero attached hydrogens (tertiary/aromatic N) is 2. The SMILES string of the molecule is Cn1cc(C(=O)NCc2cccnc2Oc2ccc(F)cc2F)ccc1=O. The Balaban J connectivity index is 1.75. The molecule has 0 aliphatic rings. The number of rotatable bonds is 5. The number of aryl methyl sites for hydroxylation is 1. The van der Waals surface area contributed by atoms with E-state index in [1.165, 1.54) is 29.1 Å². The van der Waals surface area contributed by atoms with Crippen LogP contribution in [0.1, 0.15) is 15.9 Å². The van der Waals surface area contributed by atoms with Crippen LogP contribution in [0.3, 0.4) is 0 Å². The van der Waals surface area contributed by atoms with Crippen molar-refractivity contribution in [2.24, 2.45) is 7.05 Å². The molecule has 0 saturated carbocycles. The fourth-order valence-corrected chi connectivity index (χ4v) is 2.32. The third-order valence-corrected chi connectivity index (χ3v) is 3.74. The Morgan fingerprint density at radius 1 is 1.22 bits per heavy atom. The Kier molecular flexibility index (Phi) is 5.25. The van der Waals surface area contributed by atoms with Crippen LogP contribution in [-0.2, 0) is 13.6 Å². The van der Waals surface area contributed by atoms with Crippen molar-refractivity contribution in [1.82, 2.24) is 14.9 Å². The van der Waals surface area contributed by atoms with Gasteiger partial charge in [0.1, 0.15) is 5.82 Å². The molecule has 3 aromatic rings. The second kappa shape index (κ2) is 7.77. The number of carbonyl (C=O) groups is 1. The molecule has 0 atom stereocenters. The molecule has 1 aromatic carbocycles. The fourth-order valence-electron chi connectivity index (χ4n) is 2.32. The van der Waals surface area contributed by atoms with Crippen molar-refractivity contribution in [1.29, 1.82) is 0 Å². The molecule has 1 amide bonds. The van der Waals surface area contributed by atoms with E-state index in [1.54, 1.807) is 19.2 Å². The van der Waals surface area contributed by atoms with E-state index < -0.39 is 17.5 Å². The zero-order chi connectivity index (χ0) is 19.4. The lowest BCUT2D eigenvalue weighted by Crippen LogP contribution is -2.25. The number of nitrogens with one attached hydrogen (secondary N) is 1. The van der Waals surface area contributed by atoms with Crippen LogP contribution in [0.5, 0.6) is 11.6 Å².